The maximum absolute atomic E-state index is 12.4. The fraction of sp³-hybridized carbons (Fsp3) is 0.250. The van der Waals surface area contributed by atoms with Crippen molar-refractivity contribution in [2.24, 2.45) is 0 Å². The molecule has 1 N–H and O–H groups in total. The van der Waals surface area contributed by atoms with Gasteiger partial charge < -0.3 is 9.47 Å². The predicted molar refractivity (Wildman–Crippen MR) is 87.5 cm³/mol. The molecule has 0 atom stereocenters. The molecule has 0 amide bonds. The van der Waals surface area contributed by atoms with Gasteiger partial charge in [-0.2, -0.15) is 0 Å². The molecule has 0 bridgehead atoms. The second-order valence-electron chi connectivity index (χ2n) is 5.11. The minimum Gasteiger partial charge on any atom is -0.490 e. The minimum absolute atomic E-state index is 0.142. The Morgan fingerprint density at radius 3 is 2.61 bits per heavy atom. The average molecular weight is 354 g/mol. The summed E-state index contributed by atoms with van der Waals surface area (Å²) in [6.07, 6.45) is 0.768. The number of hydrogen-bond acceptors (Lipinski definition) is 4. The van der Waals surface area contributed by atoms with E-state index in [2.05, 4.69) is 4.72 Å². The molecule has 0 fully saturated rings. The van der Waals surface area contributed by atoms with Gasteiger partial charge in [0.15, 0.2) is 11.5 Å². The lowest BCUT2D eigenvalue weighted by Crippen LogP contribution is -2.23. The first-order valence-corrected chi connectivity index (χ1v) is 9.04. The van der Waals surface area contributed by atoms with Crippen molar-refractivity contribution in [1.82, 2.24) is 4.72 Å². The van der Waals surface area contributed by atoms with Gasteiger partial charge in [0.2, 0.25) is 10.0 Å². The van der Waals surface area contributed by atoms with Crippen molar-refractivity contribution in [2.75, 3.05) is 13.2 Å². The molecule has 1 aliphatic heterocycles. The van der Waals surface area contributed by atoms with Gasteiger partial charge in [-0.05, 0) is 29.8 Å². The Morgan fingerprint density at radius 2 is 1.83 bits per heavy atom. The third kappa shape index (κ3) is 3.96. The number of nitrogens with one attached hydrogen (secondary N) is 1. The van der Waals surface area contributed by atoms with Crippen LogP contribution >= 0.6 is 11.6 Å². The van der Waals surface area contributed by atoms with Gasteiger partial charge >= 0.3 is 0 Å². The van der Waals surface area contributed by atoms with Gasteiger partial charge in [-0.1, -0.05) is 23.7 Å². The maximum Gasteiger partial charge on any atom is 0.241 e. The van der Waals surface area contributed by atoms with E-state index in [1.54, 1.807) is 24.3 Å². The van der Waals surface area contributed by atoms with E-state index in [9.17, 15) is 8.42 Å². The molecule has 7 heteroatoms. The van der Waals surface area contributed by atoms with Crippen LogP contribution in [0.2, 0.25) is 5.02 Å². The standard InChI is InChI=1S/C16H16ClNO4S/c17-13-4-1-3-12(9-13)11-18-23(19,20)14-5-6-15-16(10-14)22-8-2-7-21-15/h1,3-6,9-10,18H,2,7-8,11H2. The predicted octanol–water partition coefficient (Wildman–Crippen LogP) is 2.98. The van der Waals surface area contributed by atoms with Crippen LogP contribution in [0.1, 0.15) is 12.0 Å². The van der Waals surface area contributed by atoms with E-state index in [4.69, 9.17) is 21.1 Å². The zero-order valence-corrected chi connectivity index (χ0v) is 13.9. The Hall–Kier alpha value is -1.76. The highest BCUT2D eigenvalue weighted by Gasteiger charge is 2.18. The quantitative estimate of drug-likeness (QED) is 0.917. The summed E-state index contributed by atoms with van der Waals surface area (Å²) in [6, 6.07) is 11.7. The Labute approximate surface area is 140 Å². The second kappa shape index (κ2) is 6.78. The van der Waals surface area contributed by atoms with Crippen LogP contribution in [0.3, 0.4) is 0 Å². The average Bonchev–Trinajstić information content (AvgIpc) is 2.78. The molecular weight excluding hydrogens is 338 g/mol. The molecule has 0 aliphatic carbocycles. The van der Waals surface area contributed by atoms with Crippen molar-refractivity contribution >= 4 is 21.6 Å². The van der Waals surface area contributed by atoms with Gasteiger partial charge in [-0.3, -0.25) is 0 Å². The number of halogens is 1. The van der Waals surface area contributed by atoms with E-state index in [1.165, 1.54) is 12.1 Å². The smallest absolute Gasteiger partial charge is 0.241 e. The molecule has 0 radical (unpaired) electrons. The van der Waals surface area contributed by atoms with Crippen molar-refractivity contribution in [2.45, 2.75) is 17.9 Å². The normalized spacial score (nSPS) is 14.3. The number of ether oxygens (including phenoxy) is 2. The van der Waals surface area contributed by atoms with E-state index in [0.717, 1.165) is 12.0 Å². The third-order valence-electron chi connectivity index (χ3n) is 3.38. The largest absolute Gasteiger partial charge is 0.490 e. The first-order chi connectivity index (χ1) is 11.0. The molecule has 0 saturated carbocycles. The van der Waals surface area contributed by atoms with Crippen molar-refractivity contribution < 1.29 is 17.9 Å². The number of benzene rings is 2. The number of sulfonamides is 1. The highest BCUT2D eigenvalue weighted by molar-refractivity contribution is 7.89. The van der Waals surface area contributed by atoms with Gasteiger partial charge in [0.05, 0.1) is 18.1 Å². The van der Waals surface area contributed by atoms with Crippen molar-refractivity contribution in [1.29, 1.82) is 0 Å². The summed E-state index contributed by atoms with van der Waals surface area (Å²) in [5.74, 6) is 1.02. The van der Waals surface area contributed by atoms with Crippen LogP contribution in [-0.4, -0.2) is 21.6 Å². The molecule has 1 aliphatic rings. The molecule has 1 heterocycles. The maximum atomic E-state index is 12.4. The van der Waals surface area contributed by atoms with Gasteiger partial charge in [-0.15, -0.1) is 0 Å². The highest BCUT2D eigenvalue weighted by Crippen LogP contribution is 2.31. The fourth-order valence-electron chi connectivity index (χ4n) is 2.22. The Morgan fingerprint density at radius 1 is 1.04 bits per heavy atom. The molecule has 0 unspecified atom stereocenters. The fourth-order valence-corrected chi connectivity index (χ4v) is 3.46. The summed E-state index contributed by atoms with van der Waals surface area (Å²) in [5.41, 5.74) is 0.787. The Bertz CT molecular complexity index is 807. The monoisotopic (exact) mass is 353 g/mol. The number of rotatable bonds is 4. The molecule has 3 rings (SSSR count). The minimum atomic E-state index is -3.65. The van der Waals surface area contributed by atoms with Crippen LogP contribution in [-0.2, 0) is 16.6 Å². The molecule has 2 aromatic rings. The van der Waals surface area contributed by atoms with Crippen LogP contribution in [0.15, 0.2) is 47.4 Å². The molecular formula is C16H16ClNO4S. The molecule has 5 nitrogen and oxygen atoms in total. The molecule has 23 heavy (non-hydrogen) atoms. The zero-order chi connectivity index (χ0) is 16.3. The van der Waals surface area contributed by atoms with Gasteiger partial charge in [-0.25, -0.2) is 13.1 Å². The highest BCUT2D eigenvalue weighted by atomic mass is 35.5. The SMILES string of the molecule is O=S(=O)(NCc1cccc(Cl)c1)c1ccc2c(c1)OCCCO2. The molecule has 0 aromatic heterocycles. The summed E-state index contributed by atoms with van der Waals surface area (Å²) >= 11 is 5.90. The van der Waals surface area contributed by atoms with Crippen LogP contribution < -0.4 is 14.2 Å². The van der Waals surface area contributed by atoms with Gasteiger partial charge in [0.1, 0.15) is 0 Å². The molecule has 2 aromatic carbocycles. The van der Waals surface area contributed by atoms with Crippen molar-refractivity contribution in [3.8, 4) is 11.5 Å². The van der Waals surface area contributed by atoms with E-state index in [-0.39, 0.29) is 11.4 Å². The summed E-state index contributed by atoms with van der Waals surface area (Å²) in [5, 5.41) is 0.567. The number of hydrogen-bond donors (Lipinski definition) is 1. The van der Waals surface area contributed by atoms with E-state index in [1.807, 2.05) is 6.07 Å². The van der Waals surface area contributed by atoms with E-state index < -0.39 is 10.0 Å². The third-order valence-corrected chi connectivity index (χ3v) is 5.02. The molecule has 0 spiro atoms. The summed E-state index contributed by atoms with van der Waals surface area (Å²) in [7, 11) is -3.65. The summed E-state index contributed by atoms with van der Waals surface area (Å²) in [6.45, 7) is 1.23. The van der Waals surface area contributed by atoms with Crippen LogP contribution in [0.25, 0.3) is 0 Å². The molecule has 122 valence electrons. The number of fused-ring (bicyclic) bond motifs is 1. The first kappa shape index (κ1) is 16.1. The topological polar surface area (TPSA) is 64.6 Å². The zero-order valence-electron chi connectivity index (χ0n) is 12.3. The summed E-state index contributed by atoms with van der Waals surface area (Å²) in [4.78, 5) is 0.142. The lowest BCUT2D eigenvalue weighted by Gasteiger charge is -2.11. The first-order valence-electron chi connectivity index (χ1n) is 7.18. The van der Waals surface area contributed by atoms with Crippen molar-refractivity contribution in [3.63, 3.8) is 0 Å². The summed E-state index contributed by atoms with van der Waals surface area (Å²) < 4.78 is 38.4. The van der Waals surface area contributed by atoms with Crippen LogP contribution in [0.4, 0.5) is 0 Å². The Kier molecular flexibility index (Phi) is 4.75. The van der Waals surface area contributed by atoms with Gasteiger partial charge in [0, 0.05) is 24.1 Å². The van der Waals surface area contributed by atoms with Crippen molar-refractivity contribution in [3.05, 3.63) is 53.1 Å². The Balaban J connectivity index is 1.78. The van der Waals surface area contributed by atoms with Crippen LogP contribution in [0.5, 0.6) is 11.5 Å². The van der Waals surface area contributed by atoms with E-state index >= 15 is 0 Å². The van der Waals surface area contributed by atoms with E-state index in [0.29, 0.717) is 29.7 Å². The molecule has 0 saturated heterocycles. The van der Waals surface area contributed by atoms with Gasteiger partial charge in [0.25, 0.3) is 0 Å². The van der Waals surface area contributed by atoms with Crippen LogP contribution in [0, 0.1) is 0 Å². The second-order valence-corrected chi connectivity index (χ2v) is 7.32. The lowest BCUT2D eigenvalue weighted by atomic mass is 10.2. The lowest BCUT2D eigenvalue weighted by molar-refractivity contribution is 0.297.